The van der Waals surface area contributed by atoms with E-state index in [1.54, 1.807) is 0 Å². The van der Waals surface area contributed by atoms with E-state index in [0.29, 0.717) is 11.8 Å². The Balaban J connectivity index is 2.56. The van der Waals surface area contributed by atoms with Crippen molar-refractivity contribution in [2.45, 2.75) is 53.4 Å². The Kier molecular flexibility index (Phi) is 4.18. The number of nitrogens with zero attached hydrogens (tertiary/aromatic N) is 1. The van der Waals surface area contributed by atoms with Gasteiger partial charge in [-0.05, 0) is 31.6 Å². The summed E-state index contributed by atoms with van der Waals surface area (Å²) in [5.41, 5.74) is -0.175. The van der Waals surface area contributed by atoms with Crippen molar-refractivity contribution in [1.29, 1.82) is 0 Å². The Bertz CT molecular complexity index is 215. The van der Waals surface area contributed by atoms with Crippen LogP contribution in [0.1, 0.15) is 53.4 Å². The molecule has 88 valence electrons. The van der Waals surface area contributed by atoms with Crippen LogP contribution in [-0.2, 0) is 4.79 Å². The molecule has 1 aliphatic heterocycles. The first kappa shape index (κ1) is 12.5. The molecule has 15 heavy (non-hydrogen) atoms. The number of rotatable bonds is 3. The maximum absolute atomic E-state index is 12.3. The number of hydrogen-bond donors (Lipinski definition) is 0. The molecule has 1 saturated heterocycles. The van der Waals surface area contributed by atoms with Crippen molar-refractivity contribution in [3.05, 3.63) is 0 Å². The lowest BCUT2D eigenvalue weighted by atomic mass is 9.82. The topological polar surface area (TPSA) is 20.3 Å². The van der Waals surface area contributed by atoms with Crippen LogP contribution in [0.15, 0.2) is 0 Å². The number of piperidine rings is 1. The molecule has 0 atom stereocenters. The van der Waals surface area contributed by atoms with E-state index in [0.717, 1.165) is 19.5 Å². The fourth-order valence-electron chi connectivity index (χ4n) is 2.63. The first-order chi connectivity index (χ1) is 6.93. The molecule has 0 saturated carbocycles. The van der Waals surface area contributed by atoms with E-state index in [9.17, 15) is 4.79 Å². The van der Waals surface area contributed by atoms with Gasteiger partial charge in [0, 0.05) is 18.5 Å². The van der Waals surface area contributed by atoms with Crippen LogP contribution >= 0.6 is 0 Å². The van der Waals surface area contributed by atoms with Gasteiger partial charge in [0.05, 0.1) is 0 Å². The Morgan fingerprint density at radius 3 is 2.20 bits per heavy atom. The Hall–Kier alpha value is -0.530. The van der Waals surface area contributed by atoms with Gasteiger partial charge in [0.1, 0.15) is 0 Å². The number of likely N-dealkylation sites (tertiary alicyclic amines) is 1. The summed E-state index contributed by atoms with van der Waals surface area (Å²) in [7, 11) is 0. The van der Waals surface area contributed by atoms with E-state index in [4.69, 9.17) is 0 Å². The van der Waals surface area contributed by atoms with Crippen LogP contribution in [0.3, 0.4) is 0 Å². The standard InChI is InChI=1S/C13H25NO/c1-11(2)10-13(3,4)12(15)14-8-6-5-7-9-14/h11H,5-10H2,1-4H3. The summed E-state index contributed by atoms with van der Waals surface area (Å²) in [4.78, 5) is 14.3. The minimum absolute atomic E-state index is 0.175. The summed E-state index contributed by atoms with van der Waals surface area (Å²) in [6.07, 6.45) is 4.64. The summed E-state index contributed by atoms with van der Waals surface area (Å²) < 4.78 is 0. The molecule has 0 radical (unpaired) electrons. The van der Waals surface area contributed by atoms with Gasteiger partial charge in [-0.1, -0.05) is 27.7 Å². The largest absolute Gasteiger partial charge is 0.342 e. The van der Waals surface area contributed by atoms with E-state index < -0.39 is 0 Å². The third-order valence-corrected chi connectivity index (χ3v) is 3.14. The minimum atomic E-state index is -0.175. The van der Waals surface area contributed by atoms with Crippen LogP contribution in [0.4, 0.5) is 0 Å². The van der Waals surface area contributed by atoms with Crippen molar-refractivity contribution in [1.82, 2.24) is 4.90 Å². The second kappa shape index (κ2) is 5.00. The lowest BCUT2D eigenvalue weighted by Gasteiger charge is -2.35. The monoisotopic (exact) mass is 211 g/mol. The summed E-state index contributed by atoms with van der Waals surface area (Å²) in [6.45, 7) is 10.5. The van der Waals surface area contributed by atoms with Crippen molar-refractivity contribution >= 4 is 5.91 Å². The van der Waals surface area contributed by atoms with E-state index in [1.807, 2.05) is 0 Å². The molecule has 1 heterocycles. The summed E-state index contributed by atoms with van der Waals surface area (Å²) in [5, 5.41) is 0. The average Bonchev–Trinajstić information content (AvgIpc) is 2.16. The fourth-order valence-corrected chi connectivity index (χ4v) is 2.63. The number of carbonyl (C=O) groups excluding carboxylic acids is 1. The van der Waals surface area contributed by atoms with Crippen LogP contribution in [-0.4, -0.2) is 23.9 Å². The third-order valence-electron chi connectivity index (χ3n) is 3.14. The maximum Gasteiger partial charge on any atom is 0.228 e. The number of hydrogen-bond acceptors (Lipinski definition) is 1. The lowest BCUT2D eigenvalue weighted by molar-refractivity contribution is -0.142. The van der Waals surface area contributed by atoms with Gasteiger partial charge in [0.2, 0.25) is 5.91 Å². The second-order valence-electron chi connectivity index (χ2n) is 5.83. The predicted molar refractivity (Wildman–Crippen MR) is 63.7 cm³/mol. The zero-order valence-corrected chi connectivity index (χ0v) is 10.7. The molecule has 0 spiro atoms. The molecule has 0 aliphatic carbocycles. The maximum atomic E-state index is 12.3. The van der Waals surface area contributed by atoms with Gasteiger partial charge >= 0.3 is 0 Å². The highest BCUT2D eigenvalue weighted by Crippen LogP contribution is 2.28. The molecule has 1 aliphatic rings. The smallest absolute Gasteiger partial charge is 0.228 e. The van der Waals surface area contributed by atoms with E-state index in [2.05, 4.69) is 32.6 Å². The van der Waals surface area contributed by atoms with Crippen LogP contribution in [0, 0.1) is 11.3 Å². The summed E-state index contributed by atoms with van der Waals surface area (Å²) in [5.74, 6) is 0.949. The third kappa shape index (κ3) is 3.51. The molecule has 0 aromatic heterocycles. The van der Waals surface area contributed by atoms with Crippen molar-refractivity contribution < 1.29 is 4.79 Å². The summed E-state index contributed by atoms with van der Waals surface area (Å²) >= 11 is 0. The number of carbonyl (C=O) groups is 1. The Morgan fingerprint density at radius 2 is 1.73 bits per heavy atom. The van der Waals surface area contributed by atoms with E-state index >= 15 is 0 Å². The van der Waals surface area contributed by atoms with Crippen molar-refractivity contribution in [3.63, 3.8) is 0 Å². The first-order valence-electron chi connectivity index (χ1n) is 6.23. The summed E-state index contributed by atoms with van der Waals surface area (Å²) in [6, 6.07) is 0. The predicted octanol–water partition coefficient (Wildman–Crippen LogP) is 3.07. The second-order valence-corrected chi connectivity index (χ2v) is 5.83. The minimum Gasteiger partial charge on any atom is -0.342 e. The molecule has 0 bridgehead atoms. The van der Waals surface area contributed by atoms with Crippen LogP contribution in [0.2, 0.25) is 0 Å². The average molecular weight is 211 g/mol. The van der Waals surface area contributed by atoms with Gasteiger partial charge < -0.3 is 4.90 Å². The molecule has 0 unspecified atom stereocenters. The zero-order chi connectivity index (χ0) is 11.5. The molecule has 2 nitrogen and oxygen atoms in total. The van der Waals surface area contributed by atoms with Crippen molar-refractivity contribution in [2.75, 3.05) is 13.1 Å². The van der Waals surface area contributed by atoms with E-state index in [1.165, 1.54) is 19.3 Å². The molecule has 2 heteroatoms. The van der Waals surface area contributed by atoms with Gasteiger partial charge in [-0.15, -0.1) is 0 Å². The highest BCUT2D eigenvalue weighted by atomic mass is 16.2. The van der Waals surface area contributed by atoms with Crippen molar-refractivity contribution in [2.24, 2.45) is 11.3 Å². The zero-order valence-electron chi connectivity index (χ0n) is 10.7. The molecule has 0 aromatic rings. The molecule has 1 fully saturated rings. The number of amides is 1. The molecule has 1 rings (SSSR count). The van der Waals surface area contributed by atoms with Gasteiger partial charge in [0.15, 0.2) is 0 Å². The Labute approximate surface area is 94.0 Å². The SMILES string of the molecule is CC(C)CC(C)(C)C(=O)N1CCCCC1. The van der Waals surface area contributed by atoms with Gasteiger partial charge in [-0.2, -0.15) is 0 Å². The van der Waals surface area contributed by atoms with Gasteiger partial charge in [-0.25, -0.2) is 0 Å². The van der Waals surface area contributed by atoms with E-state index in [-0.39, 0.29) is 5.41 Å². The van der Waals surface area contributed by atoms with Crippen LogP contribution in [0.5, 0.6) is 0 Å². The van der Waals surface area contributed by atoms with Gasteiger partial charge in [-0.3, -0.25) is 4.79 Å². The molecule has 1 amide bonds. The normalized spacial score (nSPS) is 18.3. The molecular formula is C13H25NO. The quantitative estimate of drug-likeness (QED) is 0.702. The lowest BCUT2D eigenvalue weighted by Crippen LogP contribution is -2.44. The van der Waals surface area contributed by atoms with Gasteiger partial charge in [0.25, 0.3) is 0 Å². The molecule has 0 N–H and O–H groups in total. The molecular weight excluding hydrogens is 186 g/mol. The fraction of sp³-hybridized carbons (Fsp3) is 0.923. The van der Waals surface area contributed by atoms with Crippen molar-refractivity contribution in [3.8, 4) is 0 Å². The van der Waals surface area contributed by atoms with Crippen LogP contribution < -0.4 is 0 Å². The highest BCUT2D eigenvalue weighted by Gasteiger charge is 2.32. The van der Waals surface area contributed by atoms with Crippen LogP contribution in [0.25, 0.3) is 0 Å². The highest BCUT2D eigenvalue weighted by molar-refractivity contribution is 5.82. The molecule has 0 aromatic carbocycles. The first-order valence-corrected chi connectivity index (χ1v) is 6.23. The Morgan fingerprint density at radius 1 is 1.20 bits per heavy atom.